The summed E-state index contributed by atoms with van der Waals surface area (Å²) in [5, 5.41) is 8.85. The molecule has 2 aliphatic heterocycles. The normalized spacial score (nSPS) is 23.7. The summed E-state index contributed by atoms with van der Waals surface area (Å²) in [5.74, 6) is -2.15. The van der Waals surface area contributed by atoms with E-state index in [1.54, 1.807) is 0 Å². The minimum Gasteiger partial charge on any atom is -0.476 e. The summed E-state index contributed by atoms with van der Waals surface area (Å²) < 4.78 is 61.9. The van der Waals surface area contributed by atoms with Gasteiger partial charge in [0, 0.05) is 19.0 Å². The van der Waals surface area contributed by atoms with Crippen molar-refractivity contribution in [2.45, 2.75) is 24.4 Å². The van der Waals surface area contributed by atoms with Crippen LogP contribution in [0.15, 0.2) is 11.5 Å². The molecule has 0 aromatic heterocycles. The Balaban J connectivity index is 2.30. The van der Waals surface area contributed by atoms with E-state index < -0.39 is 33.1 Å². The number of rotatable bonds is 3. The third kappa shape index (κ3) is 1.89. The highest BCUT2D eigenvalue weighted by Gasteiger charge is 2.51. The maximum Gasteiger partial charge on any atom is 0.534 e. The van der Waals surface area contributed by atoms with Gasteiger partial charge >= 0.3 is 21.6 Å². The van der Waals surface area contributed by atoms with Crippen molar-refractivity contribution in [3.05, 3.63) is 11.5 Å². The second-order valence-corrected chi connectivity index (χ2v) is 5.44. The number of hydrogen-bond donors (Lipinski definition) is 1. The highest BCUT2D eigenvalue weighted by Crippen LogP contribution is 2.40. The van der Waals surface area contributed by atoms with Crippen LogP contribution in [0.1, 0.15) is 12.8 Å². The quantitative estimate of drug-likeness (QED) is 0.605. The van der Waals surface area contributed by atoms with E-state index in [-0.39, 0.29) is 12.5 Å². The Morgan fingerprint density at radius 2 is 2.06 bits per heavy atom. The molecule has 0 aliphatic carbocycles. The van der Waals surface area contributed by atoms with E-state index in [0.29, 0.717) is 13.0 Å². The van der Waals surface area contributed by atoms with Crippen molar-refractivity contribution >= 4 is 16.1 Å². The molecule has 6 nitrogen and oxygen atoms in total. The number of alkyl halides is 3. The van der Waals surface area contributed by atoms with Crippen LogP contribution >= 0.6 is 0 Å². The van der Waals surface area contributed by atoms with Crippen molar-refractivity contribution in [2.75, 3.05) is 6.54 Å². The van der Waals surface area contributed by atoms with E-state index in [4.69, 9.17) is 5.11 Å². The molecule has 2 rings (SSSR count). The molecule has 1 N–H and O–H groups in total. The lowest BCUT2D eigenvalue weighted by Gasteiger charge is -2.37. The molecule has 102 valence electrons. The zero-order valence-electron chi connectivity index (χ0n) is 8.77. The van der Waals surface area contributed by atoms with Gasteiger partial charge in [-0.25, -0.2) is 4.79 Å². The van der Waals surface area contributed by atoms with Crippen LogP contribution in [0.4, 0.5) is 13.2 Å². The Bertz CT molecular complexity index is 523. The summed E-state index contributed by atoms with van der Waals surface area (Å²) in [6.45, 7) is 0.366. The minimum atomic E-state index is -5.81. The fourth-order valence-electron chi connectivity index (χ4n) is 1.91. The van der Waals surface area contributed by atoms with Crippen molar-refractivity contribution in [3.8, 4) is 0 Å². The molecule has 10 heteroatoms. The van der Waals surface area contributed by atoms with Crippen LogP contribution in [0, 0.1) is 0 Å². The van der Waals surface area contributed by atoms with E-state index in [2.05, 4.69) is 4.18 Å². The maximum absolute atomic E-state index is 12.1. The highest BCUT2D eigenvalue weighted by atomic mass is 32.2. The van der Waals surface area contributed by atoms with Gasteiger partial charge in [0.05, 0.1) is 0 Å². The molecule has 0 radical (unpaired) electrons. The maximum atomic E-state index is 12.1. The van der Waals surface area contributed by atoms with E-state index >= 15 is 0 Å². The van der Waals surface area contributed by atoms with Crippen LogP contribution < -0.4 is 0 Å². The van der Waals surface area contributed by atoms with E-state index in [1.807, 2.05) is 0 Å². The molecule has 1 unspecified atom stereocenters. The molecule has 2 heterocycles. The van der Waals surface area contributed by atoms with Crippen LogP contribution in [0.5, 0.6) is 0 Å². The Hall–Kier alpha value is -1.45. The fraction of sp³-hybridized carbons (Fsp3) is 0.625. The van der Waals surface area contributed by atoms with Crippen molar-refractivity contribution < 1.29 is 35.7 Å². The number of halogens is 3. The van der Waals surface area contributed by atoms with Gasteiger partial charge in [0.1, 0.15) is 0 Å². The largest absolute Gasteiger partial charge is 0.534 e. The van der Waals surface area contributed by atoms with Crippen molar-refractivity contribution in [1.82, 2.24) is 4.90 Å². The number of aliphatic carboxylic acids is 1. The average Bonchev–Trinajstić information content (AvgIpc) is 2.38. The van der Waals surface area contributed by atoms with Crippen LogP contribution in [-0.2, 0) is 19.1 Å². The second-order valence-electron chi connectivity index (χ2n) is 3.90. The minimum absolute atomic E-state index is 0.142. The number of nitrogens with zero attached hydrogens (tertiary/aromatic N) is 1. The van der Waals surface area contributed by atoms with Gasteiger partial charge in [-0.3, -0.25) is 0 Å². The van der Waals surface area contributed by atoms with Gasteiger partial charge in [0.15, 0.2) is 11.5 Å². The predicted octanol–water partition coefficient (Wildman–Crippen LogP) is 0.627. The SMILES string of the molecule is O=C(O)C1=C(OS(=O)(=O)C(F)(F)F)CC2CCN12. The lowest BCUT2D eigenvalue weighted by Crippen LogP contribution is -2.44. The molecule has 1 atom stereocenters. The van der Waals surface area contributed by atoms with Gasteiger partial charge in [-0.1, -0.05) is 0 Å². The zero-order chi connectivity index (χ0) is 13.7. The number of hydrogen-bond acceptors (Lipinski definition) is 5. The van der Waals surface area contributed by atoms with E-state index in [0.717, 1.165) is 0 Å². The average molecular weight is 287 g/mol. The van der Waals surface area contributed by atoms with Gasteiger partial charge in [0.25, 0.3) is 0 Å². The monoisotopic (exact) mass is 287 g/mol. The molecular formula is C8H8F3NO5S. The van der Waals surface area contributed by atoms with Crippen LogP contribution in [0.25, 0.3) is 0 Å². The molecule has 1 fully saturated rings. The first-order valence-electron chi connectivity index (χ1n) is 4.87. The van der Waals surface area contributed by atoms with E-state index in [9.17, 15) is 26.4 Å². The predicted molar refractivity (Wildman–Crippen MR) is 50.4 cm³/mol. The molecule has 18 heavy (non-hydrogen) atoms. The Kier molecular flexibility index (Phi) is 2.72. The van der Waals surface area contributed by atoms with Crippen LogP contribution in [-0.4, -0.2) is 42.5 Å². The van der Waals surface area contributed by atoms with Crippen molar-refractivity contribution in [2.24, 2.45) is 0 Å². The van der Waals surface area contributed by atoms with E-state index in [1.165, 1.54) is 4.90 Å². The smallest absolute Gasteiger partial charge is 0.476 e. The molecule has 0 aromatic carbocycles. The number of fused-ring (bicyclic) bond motifs is 1. The van der Waals surface area contributed by atoms with Gasteiger partial charge < -0.3 is 14.2 Å². The van der Waals surface area contributed by atoms with Gasteiger partial charge in [-0.2, -0.15) is 21.6 Å². The highest BCUT2D eigenvalue weighted by molar-refractivity contribution is 7.87. The van der Waals surface area contributed by atoms with Crippen LogP contribution in [0.2, 0.25) is 0 Å². The summed E-state index contributed by atoms with van der Waals surface area (Å²) >= 11 is 0. The third-order valence-electron chi connectivity index (χ3n) is 2.81. The Morgan fingerprint density at radius 1 is 1.44 bits per heavy atom. The van der Waals surface area contributed by atoms with Crippen molar-refractivity contribution in [1.29, 1.82) is 0 Å². The molecule has 0 spiro atoms. The lowest BCUT2D eigenvalue weighted by atomic mass is 10.0. The summed E-state index contributed by atoms with van der Waals surface area (Å²) in [5.41, 5.74) is -6.07. The standard InChI is InChI=1S/C8H8F3NO5S/c9-8(10,11)18(15,16)17-5-3-4-1-2-12(4)6(5)7(13)14/h4H,1-3H2,(H,13,14). The molecular weight excluding hydrogens is 279 g/mol. The molecule has 0 bridgehead atoms. The molecule has 0 aromatic rings. The Labute approximate surface area is 99.8 Å². The number of carbonyl (C=O) groups is 1. The summed E-state index contributed by atoms with van der Waals surface area (Å²) in [7, 11) is -5.81. The fourth-order valence-corrected chi connectivity index (χ4v) is 2.42. The van der Waals surface area contributed by atoms with Crippen molar-refractivity contribution in [3.63, 3.8) is 0 Å². The zero-order valence-corrected chi connectivity index (χ0v) is 9.58. The number of carboxylic acid groups (broad SMARTS) is 1. The summed E-state index contributed by atoms with van der Waals surface area (Å²) in [4.78, 5) is 12.2. The lowest BCUT2D eigenvalue weighted by molar-refractivity contribution is -0.135. The molecule has 0 saturated carbocycles. The molecule has 0 amide bonds. The van der Waals surface area contributed by atoms with Gasteiger partial charge in [0.2, 0.25) is 0 Å². The first-order chi connectivity index (χ1) is 8.13. The second kappa shape index (κ2) is 3.77. The summed E-state index contributed by atoms with van der Waals surface area (Å²) in [6.07, 6.45) is 0.451. The first kappa shape index (κ1) is 13.0. The molecule has 1 saturated heterocycles. The molecule has 2 aliphatic rings. The Morgan fingerprint density at radius 3 is 2.44 bits per heavy atom. The summed E-state index contributed by atoms with van der Waals surface area (Å²) in [6, 6.07) is -0.283. The number of carboxylic acids is 1. The van der Waals surface area contributed by atoms with Gasteiger partial charge in [-0.05, 0) is 6.42 Å². The van der Waals surface area contributed by atoms with Gasteiger partial charge in [-0.15, -0.1) is 0 Å². The van der Waals surface area contributed by atoms with Crippen LogP contribution in [0.3, 0.4) is 0 Å². The topological polar surface area (TPSA) is 83.9 Å². The first-order valence-corrected chi connectivity index (χ1v) is 6.28. The third-order valence-corrected chi connectivity index (χ3v) is 3.80.